The Hall–Kier alpha value is -1.46. The molecule has 24 heavy (non-hydrogen) atoms. The van der Waals surface area contributed by atoms with Crippen LogP contribution in [0.15, 0.2) is 18.2 Å². The van der Waals surface area contributed by atoms with Crippen LogP contribution in [-0.2, 0) is 4.79 Å². The monoisotopic (exact) mass is 358 g/mol. The molecule has 5 nitrogen and oxygen atoms in total. The molecule has 0 bridgehead atoms. The third-order valence-electron chi connectivity index (χ3n) is 3.52. The first-order valence-corrected chi connectivity index (χ1v) is 8.42. The lowest BCUT2D eigenvalue weighted by atomic mass is 9.95. The van der Waals surface area contributed by atoms with Gasteiger partial charge < -0.3 is 20.5 Å². The molecule has 0 saturated heterocycles. The van der Waals surface area contributed by atoms with Crippen LogP contribution in [0.2, 0.25) is 0 Å². The molecule has 0 spiro atoms. The molecular formula is C18H31ClN2O3. The zero-order chi connectivity index (χ0) is 17.2. The summed E-state index contributed by atoms with van der Waals surface area (Å²) < 4.78 is 11.3. The summed E-state index contributed by atoms with van der Waals surface area (Å²) >= 11 is 0. The molecule has 138 valence electrons. The van der Waals surface area contributed by atoms with Crippen molar-refractivity contribution in [3.63, 3.8) is 0 Å². The number of ether oxygens (including phenoxy) is 2. The Morgan fingerprint density at radius 2 is 1.79 bits per heavy atom. The number of hydrogen-bond donors (Lipinski definition) is 2. The number of hydrogen-bond acceptors (Lipinski definition) is 4. The molecule has 1 aromatic carbocycles. The number of amides is 1. The van der Waals surface area contributed by atoms with E-state index in [-0.39, 0.29) is 30.3 Å². The van der Waals surface area contributed by atoms with Crippen LogP contribution in [0.25, 0.3) is 0 Å². The van der Waals surface area contributed by atoms with Crippen LogP contribution in [0, 0.1) is 5.92 Å². The number of nitrogens with two attached hydrogens (primary N) is 1. The second-order valence-electron chi connectivity index (χ2n) is 5.75. The first-order valence-electron chi connectivity index (χ1n) is 8.42. The van der Waals surface area contributed by atoms with Crippen LogP contribution in [0.5, 0.6) is 11.5 Å². The summed E-state index contributed by atoms with van der Waals surface area (Å²) in [6.45, 7) is 9.74. The van der Waals surface area contributed by atoms with Crippen LogP contribution in [0.1, 0.15) is 52.1 Å². The second-order valence-corrected chi connectivity index (χ2v) is 5.75. The van der Waals surface area contributed by atoms with Gasteiger partial charge >= 0.3 is 0 Å². The van der Waals surface area contributed by atoms with Crippen LogP contribution in [0.4, 0.5) is 0 Å². The molecule has 0 fully saturated rings. The van der Waals surface area contributed by atoms with E-state index in [1.165, 1.54) is 0 Å². The SMILES string of the molecule is CCOc1ccc(C(NC(=O)CCCN)C(C)C)cc1OCC.Cl. The minimum atomic E-state index is -0.0600. The highest BCUT2D eigenvalue weighted by Gasteiger charge is 2.20. The molecule has 0 aliphatic heterocycles. The maximum atomic E-state index is 12.0. The number of carbonyl (C=O) groups excluding carboxylic acids is 1. The van der Waals surface area contributed by atoms with Crippen molar-refractivity contribution in [3.05, 3.63) is 23.8 Å². The topological polar surface area (TPSA) is 73.6 Å². The van der Waals surface area contributed by atoms with Crippen LogP contribution < -0.4 is 20.5 Å². The lowest BCUT2D eigenvalue weighted by Crippen LogP contribution is -2.32. The first kappa shape index (κ1) is 22.5. The summed E-state index contributed by atoms with van der Waals surface area (Å²) in [5, 5.41) is 3.10. The van der Waals surface area contributed by atoms with Gasteiger partial charge in [-0.3, -0.25) is 4.79 Å². The zero-order valence-electron chi connectivity index (χ0n) is 15.1. The van der Waals surface area contributed by atoms with Gasteiger partial charge in [0.2, 0.25) is 5.91 Å². The molecule has 0 aromatic heterocycles. The normalized spacial score (nSPS) is 11.6. The van der Waals surface area contributed by atoms with Crippen molar-refractivity contribution in [3.8, 4) is 11.5 Å². The van der Waals surface area contributed by atoms with Crippen molar-refractivity contribution in [2.24, 2.45) is 11.7 Å². The largest absolute Gasteiger partial charge is 0.490 e. The van der Waals surface area contributed by atoms with Gasteiger partial charge in [-0.15, -0.1) is 12.4 Å². The van der Waals surface area contributed by atoms with E-state index in [0.29, 0.717) is 38.3 Å². The van der Waals surface area contributed by atoms with E-state index in [0.717, 1.165) is 11.3 Å². The van der Waals surface area contributed by atoms with Gasteiger partial charge in [0.25, 0.3) is 0 Å². The van der Waals surface area contributed by atoms with E-state index in [1.54, 1.807) is 0 Å². The Bertz CT molecular complexity index is 495. The van der Waals surface area contributed by atoms with E-state index >= 15 is 0 Å². The van der Waals surface area contributed by atoms with Gasteiger partial charge in [0.15, 0.2) is 11.5 Å². The van der Waals surface area contributed by atoms with Crippen molar-refractivity contribution < 1.29 is 14.3 Å². The highest BCUT2D eigenvalue weighted by atomic mass is 35.5. The predicted octanol–water partition coefficient (Wildman–Crippen LogP) is 3.46. The summed E-state index contributed by atoms with van der Waals surface area (Å²) in [5.74, 6) is 1.74. The maximum Gasteiger partial charge on any atom is 0.220 e. The maximum absolute atomic E-state index is 12.0. The Labute approximate surface area is 151 Å². The Kier molecular flexibility index (Phi) is 11.3. The van der Waals surface area contributed by atoms with Gasteiger partial charge in [-0.25, -0.2) is 0 Å². The molecular weight excluding hydrogens is 328 g/mol. The smallest absolute Gasteiger partial charge is 0.220 e. The van der Waals surface area contributed by atoms with Gasteiger partial charge in [-0.05, 0) is 50.4 Å². The van der Waals surface area contributed by atoms with Gasteiger partial charge in [-0.2, -0.15) is 0 Å². The summed E-state index contributed by atoms with van der Waals surface area (Å²) in [6, 6.07) is 5.80. The van der Waals surface area contributed by atoms with E-state index in [9.17, 15) is 4.79 Å². The highest BCUT2D eigenvalue weighted by Crippen LogP contribution is 2.33. The minimum Gasteiger partial charge on any atom is -0.490 e. The van der Waals surface area contributed by atoms with E-state index in [4.69, 9.17) is 15.2 Å². The average Bonchev–Trinajstić information content (AvgIpc) is 2.52. The third kappa shape index (κ3) is 6.97. The Balaban J connectivity index is 0.00000529. The summed E-state index contributed by atoms with van der Waals surface area (Å²) in [7, 11) is 0. The molecule has 6 heteroatoms. The van der Waals surface area contributed by atoms with Crippen LogP contribution >= 0.6 is 12.4 Å². The molecule has 1 atom stereocenters. The molecule has 0 aliphatic rings. The van der Waals surface area contributed by atoms with Crippen molar-refractivity contribution in [1.29, 1.82) is 0 Å². The van der Waals surface area contributed by atoms with E-state index in [2.05, 4.69) is 19.2 Å². The average molecular weight is 359 g/mol. The molecule has 0 saturated carbocycles. The summed E-state index contributed by atoms with van der Waals surface area (Å²) in [4.78, 5) is 12.0. The summed E-state index contributed by atoms with van der Waals surface area (Å²) in [5.41, 5.74) is 6.49. The molecule has 1 amide bonds. The first-order chi connectivity index (χ1) is 11.0. The number of rotatable bonds is 10. The lowest BCUT2D eigenvalue weighted by molar-refractivity contribution is -0.122. The van der Waals surface area contributed by atoms with E-state index in [1.807, 2.05) is 32.0 Å². The molecule has 0 aliphatic carbocycles. The highest BCUT2D eigenvalue weighted by molar-refractivity contribution is 5.85. The summed E-state index contributed by atoms with van der Waals surface area (Å²) in [6.07, 6.45) is 1.15. The fourth-order valence-corrected chi connectivity index (χ4v) is 2.40. The lowest BCUT2D eigenvalue weighted by Gasteiger charge is -2.24. The third-order valence-corrected chi connectivity index (χ3v) is 3.52. The van der Waals surface area contributed by atoms with Crippen LogP contribution in [0.3, 0.4) is 0 Å². The predicted molar refractivity (Wildman–Crippen MR) is 100 cm³/mol. The number of benzene rings is 1. The molecule has 3 N–H and O–H groups in total. The van der Waals surface area contributed by atoms with Gasteiger partial charge in [0.05, 0.1) is 19.3 Å². The molecule has 1 rings (SSSR count). The number of carbonyl (C=O) groups is 1. The molecule has 0 radical (unpaired) electrons. The second kappa shape index (κ2) is 12.0. The molecule has 0 heterocycles. The molecule has 1 unspecified atom stereocenters. The van der Waals surface area contributed by atoms with Crippen molar-refractivity contribution in [2.75, 3.05) is 19.8 Å². The minimum absolute atomic E-state index is 0. The molecule has 1 aromatic rings. The Morgan fingerprint density at radius 3 is 2.33 bits per heavy atom. The van der Waals surface area contributed by atoms with Gasteiger partial charge in [0.1, 0.15) is 0 Å². The van der Waals surface area contributed by atoms with Gasteiger partial charge in [0, 0.05) is 6.42 Å². The quantitative estimate of drug-likeness (QED) is 0.671. The fraction of sp³-hybridized carbons (Fsp3) is 0.611. The number of nitrogens with one attached hydrogen (secondary N) is 1. The van der Waals surface area contributed by atoms with Gasteiger partial charge in [-0.1, -0.05) is 19.9 Å². The number of halogens is 1. The Morgan fingerprint density at radius 1 is 1.17 bits per heavy atom. The van der Waals surface area contributed by atoms with Crippen LogP contribution in [-0.4, -0.2) is 25.7 Å². The van der Waals surface area contributed by atoms with E-state index < -0.39 is 0 Å². The van der Waals surface area contributed by atoms with Crippen molar-refractivity contribution in [1.82, 2.24) is 5.32 Å². The fourth-order valence-electron chi connectivity index (χ4n) is 2.40. The standard InChI is InChI=1S/C18H30N2O3.ClH/c1-5-22-15-10-9-14(12-16(15)23-6-2)18(13(3)4)20-17(21)8-7-11-19;/h9-10,12-13,18H,5-8,11,19H2,1-4H3,(H,20,21);1H. The zero-order valence-corrected chi connectivity index (χ0v) is 15.9. The van der Waals surface area contributed by atoms with Crippen molar-refractivity contribution in [2.45, 2.75) is 46.6 Å². The van der Waals surface area contributed by atoms with Crippen molar-refractivity contribution >= 4 is 18.3 Å².